The molecule has 0 saturated carbocycles. The molecule has 0 bridgehead atoms. The van der Waals surface area contributed by atoms with E-state index in [1.807, 2.05) is 0 Å². The molecular formula is C13H20N2O2. The lowest BCUT2D eigenvalue weighted by atomic mass is 9.98. The van der Waals surface area contributed by atoms with Crippen molar-refractivity contribution in [1.82, 2.24) is 5.43 Å². The van der Waals surface area contributed by atoms with Crippen LogP contribution in [0.2, 0.25) is 0 Å². The largest absolute Gasteiger partial charge is 0.469 e. The predicted molar refractivity (Wildman–Crippen MR) is 68.0 cm³/mol. The molecule has 1 N–H and O–H groups in total. The van der Waals surface area contributed by atoms with E-state index in [1.165, 1.54) is 6.26 Å². The van der Waals surface area contributed by atoms with Crippen molar-refractivity contribution in [3.8, 4) is 0 Å². The Kier molecular flexibility index (Phi) is 4.49. The minimum Gasteiger partial charge on any atom is -0.469 e. The van der Waals surface area contributed by atoms with E-state index < -0.39 is 0 Å². The monoisotopic (exact) mass is 236 g/mol. The van der Waals surface area contributed by atoms with Crippen LogP contribution in [0.4, 0.5) is 0 Å². The lowest BCUT2D eigenvalue weighted by Gasteiger charge is -2.13. The first-order valence-corrected chi connectivity index (χ1v) is 5.85. The summed E-state index contributed by atoms with van der Waals surface area (Å²) in [5, 5.41) is 4.20. The maximum absolute atomic E-state index is 11.8. The van der Waals surface area contributed by atoms with Crippen LogP contribution in [-0.2, 0) is 0 Å². The molecule has 0 unspecified atom stereocenters. The third-order valence-corrected chi connectivity index (χ3v) is 2.57. The van der Waals surface area contributed by atoms with E-state index in [4.69, 9.17) is 4.42 Å². The van der Waals surface area contributed by atoms with Crippen LogP contribution in [-0.4, -0.2) is 11.6 Å². The molecule has 1 rings (SSSR count). The zero-order valence-corrected chi connectivity index (χ0v) is 11.1. The molecule has 4 nitrogen and oxygen atoms in total. The fourth-order valence-corrected chi connectivity index (χ4v) is 1.72. The van der Waals surface area contributed by atoms with Crippen LogP contribution in [0.5, 0.6) is 0 Å². The van der Waals surface area contributed by atoms with Gasteiger partial charge in [-0.1, -0.05) is 27.7 Å². The highest BCUT2D eigenvalue weighted by molar-refractivity contribution is 5.96. The third kappa shape index (κ3) is 3.44. The van der Waals surface area contributed by atoms with Gasteiger partial charge in [0.2, 0.25) is 0 Å². The highest BCUT2D eigenvalue weighted by Crippen LogP contribution is 2.10. The number of carbonyl (C=O) groups is 1. The number of hydrogen-bond acceptors (Lipinski definition) is 3. The Morgan fingerprint density at radius 1 is 1.29 bits per heavy atom. The van der Waals surface area contributed by atoms with Gasteiger partial charge in [0, 0.05) is 5.71 Å². The predicted octanol–water partition coefficient (Wildman–Crippen LogP) is 2.99. The van der Waals surface area contributed by atoms with E-state index in [1.54, 1.807) is 13.0 Å². The Hall–Kier alpha value is -1.58. The van der Waals surface area contributed by atoms with Gasteiger partial charge in [-0.05, 0) is 24.8 Å². The van der Waals surface area contributed by atoms with Crippen LogP contribution in [0.1, 0.15) is 43.8 Å². The Morgan fingerprint density at radius 3 is 2.29 bits per heavy atom. The van der Waals surface area contributed by atoms with E-state index in [2.05, 4.69) is 38.2 Å². The molecule has 0 aliphatic carbocycles. The summed E-state index contributed by atoms with van der Waals surface area (Å²) in [6.45, 7) is 10.0. The van der Waals surface area contributed by atoms with Crippen LogP contribution >= 0.6 is 0 Å². The summed E-state index contributed by atoms with van der Waals surface area (Å²) in [5.74, 6) is 1.02. The Morgan fingerprint density at radius 2 is 1.88 bits per heavy atom. The number of furan rings is 1. The lowest BCUT2D eigenvalue weighted by molar-refractivity contribution is 0.0953. The average Bonchev–Trinajstić information content (AvgIpc) is 2.63. The standard InChI is InChI=1S/C13H20N2O2/c1-8(2)12(9(3)4)14-15-13(16)11-6-7-17-10(11)5/h6-9H,1-5H3,(H,15,16). The molecule has 4 heteroatoms. The summed E-state index contributed by atoms with van der Waals surface area (Å²) in [4.78, 5) is 11.8. The second-order valence-corrected chi connectivity index (χ2v) is 4.68. The van der Waals surface area contributed by atoms with E-state index in [-0.39, 0.29) is 5.91 Å². The van der Waals surface area contributed by atoms with Gasteiger partial charge in [0.25, 0.3) is 5.91 Å². The number of nitrogens with one attached hydrogen (secondary N) is 1. The number of aryl methyl sites for hydroxylation is 1. The quantitative estimate of drug-likeness (QED) is 0.645. The van der Waals surface area contributed by atoms with E-state index in [0.29, 0.717) is 23.2 Å². The molecule has 0 aromatic carbocycles. The number of amides is 1. The van der Waals surface area contributed by atoms with Gasteiger partial charge in [-0.2, -0.15) is 5.10 Å². The number of carbonyl (C=O) groups excluding carboxylic acids is 1. The number of nitrogens with zero attached hydrogens (tertiary/aromatic N) is 1. The molecule has 1 heterocycles. The summed E-state index contributed by atoms with van der Waals surface area (Å²) in [5.41, 5.74) is 4.09. The summed E-state index contributed by atoms with van der Waals surface area (Å²) < 4.78 is 5.08. The minimum absolute atomic E-state index is 0.227. The third-order valence-electron chi connectivity index (χ3n) is 2.57. The normalized spacial score (nSPS) is 10.8. The van der Waals surface area contributed by atoms with Crippen molar-refractivity contribution >= 4 is 11.6 Å². The maximum atomic E-state index is 11.8. The molecule has 0 radical (unpaired) electrons. The van der Waals surface area contributed by atoms with Gasteiger partial charge in [0.15, 0.2) is 0 Å². The minimum atomic E-state index is -0.227. The van der Waals surface area contributed by atoms with Crippen molar-refractivity contribution in [2.45, 2.75) is 34.6 Å². The molecule has 1 amide bonds. The Labute approximate surface area is 102 Å². The van der Waals surface area contributed by atoms with Crippen LogP contribution < -0.4 is 5.43 Å². The van der Waals surface area contributed by atoms with Gasteiger partial charge >= 0.3 is 0 Å². The second kappa shape index (κ2) is 5.66. The van der Waals surface area contributed by atoms with Crippen molar-refractivity contribution in [3.05, 3.63) is 23.7 Å². The molecule has 0 spiro atoms. The van der Waals surface area contributed by atoms with Crippen molar-refractivity contribution in [1.29, 1.82) is 0 Å². The summed E-state index contributed by atoms with van der Waals surface area (Å²) in [7, 11) is 0. The molecular weight excluding hydrogens is 216 g/mol. The van der Waals surface area contributed by atoms with Crippen LogP contribution in [0, 0.1) is 18.8 Å². The first-order valence-electron chi connectivity index (χ1n) is 5.85. The highest BCUT2D eigenvalue weighted by atomic mass is 16.3. The fourth-order valence-electron chi connectivity index (χ4n) is 1.72. The zero-order valence-electron chi connectivity index (χ0n) is 11.1. The summed E-state index contributed by atoms with van der Waals surface area (Å²) >= 11 is 0. The second-order valence-electron chi connectivity index (χ2n) is 4.68. The topological polar surface area (TPSA) is 54.6 Å². The zero-order chi connectivity index (χ0) is 13.0. The highest BCUT2D eigenvalue weighted by Gasteiger charge is 2.13. The lowest BCUT2D eigenvalue weighted by Crippen LogP contribution is -2.24. The first-order chi connectivity index (χ1) is 7.93. The molecule has 1 aromatic heterocycles. The Balaban J connectivity index is 2.76. The maximum Gasteiger partial charge on any atom is 0.274 e. The SMILES string of the molecule is Cc1occc1C(=O)NN=C(C(C)C)C(C)C. The molecule has 0 aliphatic rings. The van der Waals surface area contributed by atoms with Gasteiger partial charge in [-0.3, -0.25) is 4.79 Å². The van der Waals surface area contributed by atoms with Gasteiger partial charge < -0.3 is 4.42 Å². The van der Waals surface area contributed by atoms with Crippen molar-refractivity contribution < 1.29 is 9.21 Å². The first kappa shape index (κ1) is 13.5. The van der Waals surface area contributed by atoms with Crippen LogP contribution in [0.15, 0.2) is 21.8 Å². The van der Waals surface area contributed by atoms with E-state index >= 15 is 0 Å². The van der Waals surface area contributed by atoms with Crippen molar-refractivity contribution in [3.63, 3.8) is 0 Å². The van der Waals surface area contributed by atoms with Gasteiger partial charge in [0.1, 0.15) is 5.76 Å². The average molecular weight is 236 g/mol. The molecule has 0 saturated heterocycles. The fraction of sp³-hybridized carbons (Fsp3) is 0.538. The van der Waals surface area contributed by atoms with E-state index in [9.17, 15) is 4.79 Å². The van der Waals surface area contributed by atoms with Gasteiger partial charge in [-0.15, -0.1) is 0 Å². The van der Waals surface area contributed by atoms with Gasteiger partial charge in [0.05, 0.1) is 11.8 Å². The number of hydrogen-bond donors (Lipinski definition) is 1. The van der Waals surface area contributed by atoms with Crippen LogP contribution in [0.3, 0.4) is 0 Å². The molecule has 0 atom stereocenters. The van der Waals surface area contributed by atoms with Gasteiger partial charge in [-0.25, -0.2) is 5.43 Å². The molecule has 1 aromatic rings. The van der Waals surface area contributed by atoms with E-state index in [0.717, 1.165) is 5.71 Å². The van der Waals surface area contributed by atoms with Crippen molar-refractivity contribution in [2.24, 2.45) is 16.9 Å². The van der Waals surface area contributed by atoms with Crippen LogP contribution in [0.25, 0.3) is 0 Å². The number of hydrazone groups is 1. The molecule has 0 aliphatic heterocycles. The van der Waals surface area contributed by atoms with Crippen molar-refractivity contribution in [2.75, 3.05) is 0 Å². The molecule has 94 valence electrons. The molecule has 0 fully saturated rings. The smallest absolute Gasteiger partial charge is 0.274 e. The molecule has 17 heavy (non-hydrogen) atoms. The summed E-state index contributed by atoms with van der Waals surface area (Å²) in [6, 6.07) is 1.64. The number of rotatable bonds is 4. The summed E-state index contributed by atoms with van der Waals surface area (Å²) in [6.07, 6.45) is 1.50. The Bertz CT molecular complexity index is 407.